The first kappa shape index (κ1) is 19.4. The molecule has 0 aliphatic heterocycles. The molecule has 0 unspecified atom stereocenters. The maximum atomic E-state index is 13.7. The first-order chi connectivity index (χ1) is 13.0. The molecule has 0 fully saturated rings. The maximum absolute atomic E-state index is 13.7. The Balaban J connectivity index is 1.50. The standard InChI is InChI=1S/C19H17ClFN3O2S/c1-24(10-17-22-19(23-26-17)13-5-3-2-4-6-13)18(25)12-27-11-14-7-8-15(20)9-16(14)21/h2-9H,10-12H2,1H3. The molecular formula is C19H17ClFN3O2S. The number of amides is 1. The van der Waals surface area contributed by atoms with Gasteiger partial charge in [-0.15, -0.1) is 11.8 Å². The fourth-order valence-corrected chi connectivity index (χ4v) is 3.42. The lowest BCUT2D eigenvalue weighted by atomic mass is 10.2. The summed E-state index contributed by atoms with van der Waals surface area (Å²) in [7, 11) is 1.66. The molecule has 8 heteroatoms. The fourth-order valence-electron chi connectivity index (χ4n) is 2.31. The van der Waals surface area contributed by atoms with Gasteiger partial charge in [0.2, 0.25) is 17.6 Å². The molecule has 27 heavy (non-hydrogen) atoms. The third-order valence-electron chi connectivity index (χ3n) is 3.80. The summed E-state index contributed by atoms with van der Waals surface area (Å²) in [6.07, 6.45) is 0. The lowest BCUT2D eigenvalue weighted by Gasteiger charge is -2.14. The minimum atomic E-state index is -0.366. The van der Waals surface area contributed by atoms with Crippen molar-refractivity contribution in [3.05, 3.63) is 70.8 Å². The molecule has 0 saturated carbocycles. The highest BCUT2D eigenvalue weighted by Gasteiger charge is 2.15. The van der Waals surface area contributed by atoms with Crippen LogP contribution in [0.1, 0.15) is 11.5 Å². The van der Waals surface area contributed by atoms with E-state index in [0.29, 0.717) is 28.1 Å². The lowest BCUT2D eigenvalue weighted by Crippen LogP contribution is -2.28. The maximum Gasteiger partial charge on any atom is 0.246 e. The molecule has 0 aliphatic carbocycles. The van der Waals surface area contributed by atoms with Gasteiger partial charge in [0.05, 0.1) is 12.3 Å². The van der Waals surface area contributed by atoms with E-state index in [1.165, 1.54) is 22.7 Å². The molecule has 0 N–H and O–H groups in total. The molecule has 0 atom stereocenters. The van der Waals surface area contributed by atoms with E-state index in [-0.39, 0.29) is 24.0 Å². The zero-order valence-corrected chi connectivity index (χ0v) is 16.1. The second-order valence-electron chi connectivity index (χ2n) is 5.86. The zero-order chi connectivity index (χ0) is 19.2. The van der Waals surface area contributed by atoms with Gasteiger partial charge in [-0.1, -0.05) is 53.2 Å². The van der Waals surface area contributed by atoms with Crippen molar-refractivity contribution in [1.82, 2.24) is 15.0 Å². The number of rotatable bonds is 7. The molecule has 1 heterocycles. The number of hydrogen-bond acceptors (Lipinski definition) is 5. The van der Waals surface area contributed by atoms with Crippen LogP contribution in [0.3, 0.4) is 0 Å². The molecule has 3 aromatic rings. The number of halogens is 2. The Labute approximate surface area is 165 Å². The summed E-state index contributed by atoms with van der Waals surface area (Å²) in [6, 6.07) is 14.0. The molecule has 0 spiro atoms. The highest BCUT2D eigenvalue weighted by molar-refractivity contribution is 7.99. The van der Waals surface area contributed by atoms with Crippen LogP contribution in [-0.4, -0.2) is 33.7 Å². The third-order valence-corrected chi connectivity index (χ3v) is 5.00. The predicted octanol–water partition coefficient (Wildman–Crippen LogP) is 4.42. The van der Waals surface area contributed by atoms with Crippen molar-refractivity contribution in [2.45, 2.75) is 12.3 Å². The van der Waals surface area contributed by atoms with Gasteiger partial charge in [-0.25, -0.2) is 4.39 Å². The highest BCUT2D eigenvalue weighted by atomic mass is 35.5. The van der Waals surface area contributed by atoms with E-state index in [9.17, 15) is 9.18 Å². The monoisotopic (exact) mass is 405 g/mol. The summed E-state index contributed by atoms with van der Waals surface area (Å²) in [5.41, 5.74) is 1.37. The molecule has 3 rings (SSSR count). The van der Waals surface area contributed by atoms with Gasteiger partial charge in [-0.05, 0) is 17.7 Å². The summed E-state index contributed by atoms with van der Waals surface area (Å²) < 4.78 is 19.0. The van der Waals surface area contributed by atoms with Crippen LogP contribution in [0.4, 0.5) is 4.39 Å². The number of carbonyl (C=O) groups excluding carboxylic acids is 1. The molecule has 0 bridgehead atoms. The van der Waals surface area contributed by atoms with E-state index in [1.54, 1.807) is 19.2 Å². The SMILES string of the molecule is CN(Cc1nc(-c2ccccc2)no1)C(=O)CSCc1ccc(Cl)cc1F. The number of nitrogens with zero attached hydrogens (tertiary/aromatic N) is 3. The first-order valence-corrected chi connectivity index (χ1v) is 9.70. The Kier molecular flexibility index (Phi) is 6.47. The molecule has 2 aromatic carbocycles. The van der Waals surface area contributed by atoms with E-state index in [1.807, 2.05) is 30.3 Å². The van der Waals surface area contributed by atoms with E-state index in [4.69, 9.17) is 16.1 Å². The number of thioether (sulfide) groups is 1. The second-order valence-corrected chi connectivity index (χ2v) is 7.28. The molecule has 1 amide bonds. The van der Waals surface area contributed by atoms with Gasteiger partial charge in [-0.2, -0.15) is 4.98 Å². The van der Waals surface area contributed by atoms with Gasteiger partial charge >= 0.3 is 0 Å². The van der Waals surface area contributed by atoms with Gasteiger partial charge in [-0.3, -0.25) is 4.79 Å². The summed E-state index contributed by atoms with van der Waals surface area (Å²) in [6.45, 7) is 0.217. The van der Waals surface area contributed by atoms with Crippen molar-refractivity contribution in [2.75, 3.05) is 12.8 Å². The van der Waals surface area contributed by atoms with Crippen LogP contribution in [0.2, 0.25) is 5.02 Å². The van der Waals surface area contributed by atoms with Crippen molar-refractivity contribution in [1.29, 1.82) is 0 Å². The predicted molar refractivity (Wildman–Crippen MR) is 104 cm³/mol. The van der Waals surface area contributed by atoms with E-state index >= 15 is 0 Å². The van der Waals surface area contributed by atoms with Crippen molar-refractivity contribution in [3.63, 3.8) is 0 Å². The highest BCUT2D eigenvalue weighted by Crippen LogP contribution is 2.20. The van der Waals surface area contributed by atoms with Crippen LogP contribution >= 0.6 is 23.4 Å². The molecule has 140 valence electrons. The van der Waals surface area contributed by atoms with Crippen molar-refractivity contribution >= 4 is 29.3 Å². The molecule has 1 aromatic heterocycles. The molecule has 0 aliphatic rings. The molecule has 0 radical (unpaired) electrons. The van der Waals surface area contributed by atoms with E-state index in [0.717, 1.165) is 5.56 Å². The van der Waals surface area contributed by atoms with Crippen LogP contribution in [0.15, 0.2) is 53.1 Å². The Morgan fingerprint density at radius 2 is 2.04 bits per heavy atom. The van der Waals surface area contributed by atoms with Gasteiger partial charge in [0.15, 0.2) is 0 Å². The van der Waals surface area contributed by atoms with Crippen molar-refractivity contribution < 1.29 is 13.7 Å². The van der Waals surface area contributed by atoms with E-state index < -0.39 is 0 Å². The quantitative estimate of drug-likeness (QED) is 0.582. The topological polar surface area (TPSA) is 59.2 Å². The molecule has 5 nitrogen and oxygen atoms in total. The first-order valence-electron chi connectivity index (χ1n) is 8.16. The van der Waals surface area contributed by atoms with Crippen LogP contribution in [0, 0.1) is 5.82 Å². The average molecular weight is 406 g/mol. The largest absolute Gasteiger partial charge is 0.337 e. The Hall–Kier alpha value is -2.38. The van der Waals surface area contributed by atoms with Crippen LogP contribution in [0.5, 0.6) is 0 Å². The zero-order valence-electron chi connectivity index (χ0n) is 14.6. The number of aromatic nitrogens is 2. The van der Waals surface area contributed by atoms with E-state index in [2.05, 4.69) is 10.1 Å². The summed E-state index contributed by atoms with van der Waals surface area (Å²) in [5, 5.41) is 4.29. The van der Waals surface area contributed by atoms with Gasteiger partial charge in [0.1, 0.15) is 5.82 Å². The van der Waals surface area contributed by atoms with Gasteiger partial charge in [0.25, 0.3) is 0 Å². The Morgan fingerprint density at radius 1 is 1.26 bits per heavy atom. The van der Waals surface area contributed by atoms with Crippen LogP contribution in [-0.2, 0) is 17.1 Å². The van der Waals surface area contributed by atoms with Crippen LogP contribution < -0.4 is 0 Å². The summed E-state index contributed by atoms with van der Waals surface area (Å²) >= 11 is 7.07. The average Bonchev–Trinajstić information content (AvgIpc) is 3.12. The van der Waals surface area contributed by atoms with Crippen molar-refractivity contribution in [3.8, 4) is 11.4 Å². The number of hydrogen-bond donors (Lipinski definition) is 0. The Bertz CT molecular complexity index is 920. The summed E-state index contributed by atoms with van der Waals surface area (Å²) in [4.78, 5) is 18.1. The Morgan fingerprint density at radius 3 is 2.78 bits per heavy atom. The summed E-state index contributed by atoms with van der Waals surface area (Å²) in [5.74, 6) is 0.987. The second kappa shape index (κ2) is 9.01. The number of carbonyl (C=O) groups is 1. The minimum absolute atomic E-state index is 0.103. The molecular weight excluding hydrogens is 389 g/mol. The van der Waals surface area contributed by atoms with Gasteiger partial charge in [0, 0.05) is 23.4 Å². The van der Waals surface area contributed by atoms with Crippen molar-refractivity contribution in [2.24, 2.45) is 0 Å². The van der Waals surface area contributed by atoms with Gasteiger partial charge < -0.3 is 9.42 Å². The minimum Gasteiger partial charge on any atom is -0.337 e. The third kappa shape index (κ3) is 5.30. The fraction of sp³-hybridized carbons (Fsp3) is 0.211. The van der Waals surface area contributed by atoms with Crippen LogP contribution in [0.25, 0.3) is 11.4 Å². The number of benzene rings is 2. The normalized spacial score (nSPS) is 10.8. The molecule has 0 saturated heterocycles. The smallest absolute Gasteiger partial charge is 0.246 e. The lowest BCUT2D eigenvalue weighted by molar-refractivity contribution is -0.127.